The minimum atomic E-state index is -0.209. The van der Waals surface area contributed by atoms with Crippen LogP contribution in [0.5, 0.6) is 0 Å². The fourth-order valence-electron chi connectivity index (χ4n) is 0.728. The number of amides is 1. The van der Waals surface area contributed by atoms with Gasteiger partial charge in [-0.3, -0.25) is 4.79 Å². The summed E-state index contributed by atoms with van der Waals surface area (Å²) >= 11 is 0. The number of carbonyl (C=O) groups excluding carboxylic acids is 1. The van der Waals surface area contributed by atoms with Gasteiger partial charge in [-0.25, -0.2) is 0 Å². The minimum Gasteiger partial charge on any atom is -0.488 e. The smallest absolute Gasteiger partial charge is 0.285 e. The molecule has 3 nitrogen and oxygen atoms in total. The summed E-state index contributed by atoms with van der Waals surface area (Å²) in [6.07, 6.45) is 0. The van der Waals surface area contributed by atoms with Crippen molar-refractivity contribution in [3.05, 3.63) is 12.3 Å². The highest BCUT2D eigenvalue weighted by molar-refractivity contribution is 5.90. The highest BCUT2D eigenvalue weighted by Crippen LogP contribution is 2.00. The van der Waals surface area contributed by atoms with Crippen molar-refractivity contribution in [3.8, 4) is 0 Å². The lowest BCUT2D eigenvalue weighted by molar-refractivity contribution is -0.121. The van der Waals surface area contributed by atoms with E-state index < -0.39 is 0 Å². The van der Waals surface area contributed by atoms with Crippen LogP contribution in [0.15, 0.2) is 12.3 Å². The molecule has 1 amide bonds. The lowest BCUT2D eigenvalue weighted by Gasteiger charge is -2.12. The third kappa shape index (κ3) is 6.52. The third-order valence-electron chi connectivity index (χ3n) is 1.52. The second kappa shape index (κ2) is 6.46. The van der Waals surface area contributed by atoms with Crippen LogP contribution in [-0.4, -0.2) is 19.1 Å². The quantitative estimate of drug-likeness (QED) is 0.524. The maximum atomic E-state index is 11.3. The summed E-state index contributed by atoms with van der Waals surface area (Å²) < 4.78 is 5.19. The van der Waals surface area contributed by atoms with Crippen molar-refractivity contribution in [1.29, 1.82) is 0 Å². The first-order valence-electron chi connectivity index (χ1n) is 5.03. The molecule has 0 spiro atoms. The first-order valence-corrected chi connectivity index (χ1v) is 5.03. The molecule has 3 heteroatoms. The van der Waals surface area contributed by atoms with Crippen LogP contribution in [0.2, 0.25) is 0 Å². The van der Waals surface area contributed by atoms with Crippen molar-refractivity contribution in [2.45, 2.75) is 27.7 Å². The van der Waals surface area contributed by atoms with E-state index in [1.54, 1.807) is 0 Å². The Morgan fingerprint density at radius 1 is 1.29 bits per heavy atom. The zero-order chi connectivity index (χ0) is 11.1. The molecule has 0 aromatic rings. The predicted molar refractivity (Wildman–Crippen MR) is 57.8 cm³/mol. The van der Waals surface area contributed by atoms with Gasteiger partial charge in [0, 0.05) is 6.54 Å². The van der Waals surface area contributed by atoms with Crippen LogP contribution < -0.4 is 5.32 Å². The van der Waals surface area contributed by atoms with E-state index in [0.29, 0.717) is 25.0 Å². The molecule has 0 heterocycles. The van der Waals surface area contributed by atoms with E-state index in [-0.39, 0.29) is 11.7 Å². The molecule has 0 aromatic heterocycles. The number of nitrogens with one attached hydrogen (secondary N) is 1. The molecule has 1 N–H and O–H groups in total. The Morgan fingerprint density at radius 3 is 2.29 bits per heavy atom. The van der Waals surface area contributed by atoms with Crippen LogP contribution >= 0.6 is 0 Å². The molecular formula is C11H21NO2. The molecule has 0 aliphatic rings. The topological polar surface area (TPSA) is 38.3 Å². The van der Waals surface area contributed by atoms with Gasteiger partial charge in [-0.15, -0.1) is 0 Å². The Morgan fingerprint density at radius 2 is 1.86 bits per heavy atom. The standard InChI is InChI=1S/C11H21NO2/c1-8(2)6-12-11(13)10(5)14-7-9(3)4/h8-9H,5-7H2,1-4H3,(H,12,13). The van der Waals surface area contributed by atoms with Crippen molar-refractivity contribution < 1.29 is 9.53 Å². The summed E-state index contributed by atoms with van der Waals surface area (Å²) in [7, 11) is 0. The first-order chi connectivity index (χ1) is 6.43. The fraction of sp³-hybridized carbons (Fsp3) is 0.727. The van der Waals surface area contributed by atoms with Gasteiger partial charge in [0.05, 0.1) is 6.61 Å². The number of ether oxygens (including phenoxy) is 1. The normalized spacial score (nSPS) is 10.4. The summed E-state index contributed by atoms with van der Waals surface area (Å²) in [5.41, 5.74) is 0. The summed E-state index contributed by atoms with van der Waals surface area (Å²) in [5.74, 6) is 0.847. The molecule has 0 unspecified atom stereocenters. The minimum absolute atomic E-state index is 0.208. The zero-order valence-corrected chi connectivity index (χ0v) is 9.59. The van der Waals surface area contributed by atoms with E-state index in [2.05, 4.69) is 11.9 Å². The monoisotopic (exact) mass is 199 g/mol. The predicted octanol–water partition coefficient (Wildman–Crippen LogP) is 1.94. The molecule has 0 atom stereocenters. The van der Waals surface area contributed by atoms with Gasteiger partial charge in [-0.1, -0.05) is 34.3 Å². The van der Waals surface area contributed by atoms with Gasteiger partial charge in [0.25, 0.3) is 5.91 Å². The maximum absolute atomic E-state index is 11.3. The average molecular weight is 199 g/mol. The molecule has 0 aromatic carbocycles. The van der Waals surface area contributed by atoms with Crippen molar-refractivity contribution in [3.63, 3.8) is 0 Å². The Kier molecular flexibility index (Phi) is 6.00. The second-order valence-corrected chi connectivity index (χ2v) is 4.23. The van der Waals surface area contributed by atoms with E-state index >= 15 is 0 Å². The Hall–Kier alpha value is -0.990. The Balaban J connectivity index is 3.71. The van der Waals surface area contributed by atoms with Gasteiger partial charge in [-0.05, 0) is 11.8 Å². The van der Waals surface area contributed by atoms with Crippen molar-refractivity contribution in [2.24, 2.45) is 11.8 Å². The molecule has 0 saturated carbocycles. The number of rotatable bonds is 6. The van der Waals surface area contributed by atoms with Gasteiger partial charge in [0.2, 0.25) is 0 Å². The molecule has 0 saturated heterocycles. The van der Waals surface area contributed by atoms with Gasteiger partial charge < -0.3 is 10.1 Å². The second-order valence-electron chi connectivity index (χ2n) is 4.23. The maximum Gasteiger partial charge on any atom is 0.285 e. The summed E-state index contributed by atoms with van der Waals surface area (Å²) in [6.45, 7) is 12.9. The summed E-state index contributed by atoms with van der Waals surface area (Å²) in [5, 5.41) is 2.74. The molecule has 0 rings (SSSR count). The molecule has 82 valence electrons. The van der Waals surface area contributed by atoms with E-state index in [1.807, 2.05) is 27.7 Å². The summed E-state index contributed by atoms with van der Waals surface area (Å²) in [6, 6.07) is 0. The molecular weight excluding hydrogens is 178 g/mol. The van der Waals surface area contributed by atoms with Gasteiger partial charge >= 0.3 is 0 Å². The fourth-order valence-corrected chi connectivity index (χ4v) is 0.728. The number of hydrogen-bond acceptors (Lipinski definition) is 2. The molecule has 14 heavy (non-hydrogen) atoms. The van der Waals surface area contributed by atoms with Crippen LogP contribution in [-0.2, 0) is 9.53 Å². The average Bonchev–Trinajstić information content (AvgIpc) is 2.09. The Bertz CT molecular complexity index is 175. The van der Waals surface area contributed by atoms with Crippen LogP contribution in [0.25, 0.3) is 0 Å². The lowest BCUT2D eigenvalue weighted by Crippen LogP contribution is -2.29. The van der Waals surface area contributed by atoms with Crippen LogP contribution in [0.4, 0.5) is 0 Å². The van der Waals surface area contributed by atoms with Crippen LogP contribution in [0.1, 0.15) is 27.7 Å². The third-order valence-corrected chi connectivity index (χ3v) is 1.52. The van der Waals surface area contributed by atoms with Crippen LogP contribution in [0, 0.1) is 11.8 Å². The van der Waals surface area contributed by atoms with Crippen molar-refractivity contribution in [1.82, 2.24) is 5.32 Å². The van der Waals surface area contributed by atoms with Gasteiger partial charge in [0.1, 0.15) is 0 Å². The SMILES string of the molecule is C=C(OCC(C)C)C(=O)NCC(C)C. The molecule has 0 radical (unpaired) electrons. The highest BCUT2D eigenvalue weighted by atomic mass is 16.5. The van der Waals surface area contributed by atoms with Gasteiger partial charge in [0.15, 0.2) is 5.76 Å². The van der Waals surface area contributed by atoms with E-state index in [0.717, 1.165) is 0 Å². The van der Waals surface area contributed by atoms with E-state index in [4.69, 9.17) is 4.74 Å². The van der Waals surface area contributed by atoms with Gasteiger partial charge in [-0.2, -0.15) is 0 Å². The highest BCUT2D eigenvalue weighted by Gasteiger charge is 2.08. The number of hydrogen-bond donors (Lipinski definition) is 1. The molecule has 0 aliphatic heterocycles. The van der Waals surface area contributed by atoms with E-state index in [9.17, 15) is 4.79 Å². The molecule has 0 bridgehead atoms. The largest absolute Gasteiger partial charge is 0.488 e. The molecule has 0 fully saturated rings. The van der Waals surface area contributed by atoms with Crippen LogP contribution in [0.3, 0.4) is 0 Å². The lowest BCUT2D eigenvalue weighted by atomic mass is 10.2. The van der Waals surface area contributed by atoms with Crippen molar-refractivity contribution in [2.75, 3.05) is 13.2 Å². The van der Waals surface area contributed by atoms with E-state index in [1.165, 1.54) is 0 Å². The zero-order valence-electron chi connectivity index (χ0n) is 9.59. The first kappa shape index (κ1) is 13.0. The van der Waals surface area contributed by atoms with Crippen molar-refractivity contribution >= 4 is 5.91 Å². The number of carbonyl (C=O) groups is 1. The Labute approximate surface area is 86.5 Å². The summed E-state index contributed by atoms with van der Waals surface area (Å²) in [4.78, 5) is 11.3. The molecule has 0 aliphatic carbocycles.